The number of nitrogens with zero attached hydrogens (tertiary/aromatic N) is 1. The summed E-state index contributed by atoms with van der Waals surface area (Å²) < 4.78 is 16.5. The number of para-hydroxylation sites is 1. The van der Waals surface area contributed by atoms with E-state index in [2.05, 4.69) is 5.32 Å². The predicted octanol–water partition coefficient (Wildman–Crippen LogP) is 5.01. The Morgan fingerprint density at radius 1 is 0.938 bits per heavy atom. The molecule has 0 aliphatic carbocycles. The predicted molar refractivity (Wildman–Crippen MR) is 124 cm³/mol. The highest BCUT2D eigenvalue weighted by Crippen LogP contribution is 2.20. The lowest BCUT2D eigenvalue weighted by molar-refractivity contribution is -0.112. The Balaban J connectivity index is 1.53. The van der Waals surface area contributed by atoms with E-state index in [1.165, 1.54) is 0 Å². The molecule has 0 fully saturated rings. The van der Waals surface area contributed by atoms with E-state index in [9.17, 15) is 10.1 Å². The molecule has 0 aliphatic rings. The van der Waals surface area contributed by atoms with Gasteiger partial charge in [0.05, 0.1) is 7.11 Å². The first-order valence-corrected chi connectivity index (χ1v) is 10.1. The van der Waals surface area contributed by atoms with Gasteiger partial charge in [0.2, 0.25) is 0 Å². The van der Waals surface area contributed by atoms with Gasteiger partial charge in [-0.25, -0.2) is 0 Å². The lowest BCUT2D eigenvalue weighted by atomic mass is 10.1. The average Bonchev–Trinajstić information content (AvgIpc) is 2.82. The Bertz CT molecular complexity index is 1130. The van der Waals surface area contributed by atoms with Crippen LogP contribution >= 0.6 is 0 Å². The summed E-state index contributed by atoms with van der Waals surface area (Å²) in [5.74, 6) is 1.66. The molecule has 1 amide bonds. The molecule has 0 bridgehead atoms. The third-order valence-electron chi connectivity index (χ3n) is 4.61. The third-order valence-corrected chi connectivity index (χ3v) is 4.61. The van der Waals surface area contributed by atoms with Crippen LogP contribution in [0.5, 0.6) is 17.2 Å². The fourth-order valence-electron chi connectivity index (χ4n) is 2.89. The maximum Gasteiger partial charge on any atom is 0.266 e. The number of amides is 1. The summed E-state index contributed by atoms with van der Waals surface area (Å²) in [7, 11) is 1.61. The molecule has 1 N–H and O–H groups in total. The number of carbonyl (C=O) groups excluding carboxylic acids is 1. The molecule has 0 spiro atoms. The molecule has 162 valence electrons. The van der Waals surface area contributed by atoms with Crippen molar-refractivity contribution in [2.75, 3.05) is 25.6 Å². The quantitative estimate of drug-likeness (QED) is 0.294. The fraction of sp³-hybridized carbons (Fsp3) is 0.154. The molecule has 3 rings (SSSR count). The minimum atomic E-state index is -0.447. The molecule has 3 aromatic rings. The molecule has 0 saturated carbocycles. The van der Waals surface area contributed by atoms with E-state index in [4.69, 9.17) is 14.2 Å². The van der Waals surface area contributed by atoms with E-state index in [0.717, 1.165) is 16.9 Å². The Morgan fingerprint density at radius 2 is 1.62 bits per heavy atom. The highest BCUT2D eigenvalue weighted by atomic mass is 16.5. The summed E-state index contributed by atoms with van der Waals surface area (Å²) >= 11 is 0. The summed E-state index contributed by atoms with van der Waals surface area (Å²) in [6.45, 7) is 2.65. The van der Waals surface area contributed by atoms with Crippen molar-refractivity contribution in [2.24, 2.45) is 0 Å². The lowest BCUT2D eigenvalue weighted by Crippen LogP contribution is -2.14. The third kappa shape index (κ3) is 6.38. The number of hydrogen-bond acceptors (Lipinski definition) is 5. The van der Waals surface area contributed by atoms with Crippen molar-refractivity contribution in [3.8, 4) is 23.3 Å². The van der Waals surface area contributed by atoms with Gasteiger partial charge in [-0.1, -0.05) is 36.4 Å². The van der Waals surface area contributed by atoms with Crippen LogP contribution in [0.1, 0.15) is 11.1 Å². The van der Waals surface area contributed by atoms with E-state index in [1.807, 2.05) is 55.5 Å². The number of hydrogen-bond donors (Lipinski definition) is 1. The number of anilines is 1. The minimum Gasteiger partial charge on any atom is -0.497 e. The molecule has 0 radical (unpaired) electrons. The van der Waals surface area contributed by atoms with Crippen molar-refractivity contribution in [3.05, 3.63) is 89.5 Å². The number of rotatable bonds is 9. The smallest absolute Gasteiger partial charge is 0.266 e. The van der Waals surface area contributed by atoms with Gasteiger partial charge in [0, 0.05) is 11.8 Å². The first-order valence-electron chi connectivity index (χ1n) is 10.1. The Hall–Kier alpha value is -4.24. The SMILES string of the molecule is COc1cccc(OCCOc2ccc(/C=C(\C#N)C(=O)Nc3ccccc3C)cc2)c1. The molecule has 0 heterocycles. The van der Waals surface area contributed by atoms with Gasteiger partial charge in [-0.15, -0.1) is 0 Å². The van der Waals surface area contributed by atoms with Crippen LogP contribution in [0.3, 0.4) is 0 Å². The Morgan fingerprint density at radius 3 is 2.31 bits per heavy atom. The van der Waals surface area contributed by atoms with Gasteiger partial charge in [0.15, 0.2) is 0 Å². The second kappa shape index (κ2) is 11.2. The second-order valence-corrected chi connectivity index (χ2v) is 6.88. The molecule has 0 aliphatic heterocycles. The van der Waals surface area contributed by atoms with Gasteiger partial charge >= 0.3 is 0 Å². The summed E-state index contributed by atoms with van der Waals surface area (Å²) in [6.07, 6.45) is 1.54. The summed E-state index contributed by atoms with van der Waals surface area (Å²) in [5, 5.41) is 12.2. The number of carbonyl (C=O) groups is 1. The van der Waals surface area contributed by atoms with E-state index in [0.29, 0.717) is 30.4 Å². The lowest BCUT2D eigenvalue weighted by Gasteiger charge is -2.09. The summed E-state index contributed by atoms with van der Waals surface area (Å²) in [6, 6.07) is 23.9. The van der Waals surface area contributed by atoms with E-state index in [1.54, 1.807) is 43.5 Å². The van der Waals surface area contributed by atoms with Crippen LogP contribution in [-0.4, -0.2) is 26.2 Å². The van der Waals surface area contributed by atoms with Crippen LogP contribution in [0.15, 0.2) is 78.4 Å². The van der Waals surface area contributed by atoms with Crippen molar-refractivity contribution in [2.45, 2.75) is 6.92 Å². The summed E-state index contributed by atoms with van der Waals surface area (Å²) in [4.78, 5) is 12.5. The van der Waals surface area contributed by atoms with E-state index >= 15 is 0 Å². The number of aryl methyl sites for hydroxylation is 1. The van der Waals surface area contributed by atoms with Crippen molar-refractivity contribution in [1.29, 1.82) is 5.26 Å². The monoisotopic (exact) mass is 428 g/mol. The number of ether oxygens (including phenoxy) is 3. The number of benzene rings is 3. The zero-order valence-electron chi connectivity index (χ0n) is 18.0. The van der Waals surface area contributed by atoms with Gasteiger partial charge in [0.25, 0.3) is 5.91 Å². The zero-order chi connectivity index (χ0) is 22.8. The van der Waals surface area contributed by atoms with Crippen LogP contribution in [-0.2, 0) is 4.79 Å². The van der Waals surface area contributed by atoms with E-state index in [-0.39, 0.29) is 5.57 Å². The molecule has 0 atom stereocenters. The van der Waals surface area contributed by atoms with Crippen LogP contribution in [0, 0.1) is 18.3 Å². The van der Waals surface area contributed by atoms with Gasteiger partial charge in [0.1, 0.15) is 42.1 Å². The second-order valence-electron chi connectivity index (χ2n) is 6.88. The molecule has 6 nitrogen and oxygen atoms in total. The Kier molecular flexibility index (Phi) is 7.88. The maximum absolute atomic E-state index is 12.5. The number of nitriles is 1. The van der Waals surface area contributed by atoms with E-state index < -0.39 is 5.91 Å². The molecule has 0 saturated heterocycles. The van der Waals surface area contributed by atoms with Crippen LogP contribution < -0.4 is 19.5 Å². The molecule has 6 heteroatoms. The van der Waals surface area contributed by atoms with Gasteiger partial charge in [-0.3, -0.25) is 4.79 Å². The number of methoxy groups -OCH3 is 1. The minimum absolute atomic E-state index is 0.0219. The first-order chi connectivity index (χ1) is 15.6. The van der Waals surface area contributed by atoms with Crippen molar-refractivity contribution >= 4 is 17.7 Å². The van der Waals surface area contributed by atoms with Gasteiger partial charge in [-0.05, 0) is 54.5 Å². The average molecular weight is 428 g/mol. The molecule has 3 aromatic carbocycles. The normalized spacial score (nSPS) is 10.7. The zero-order valence-corrected chi connectivity index (χ0v) is 18.0. The van der Waals surface area contributed by atoms with Gasteiger partial charge < -0.3 is 19.5 Å². The standard InChI is InChI=1S/C26H24N2O4/c1-19-6-3-4-9-25(19)28-26(29)21(18-27)16-20-10-12-22(13-11-20)31-14-15-32-24-8-5-7-23(17-24)30-2/h3-13,16-17H,14-15H2,1-2H3,(H,28,29)/b21-16+. The van der Waals surface area contributed by atoms with Crippen LogP contribution in [0.4, 0.5) is 5.69 Å². The molecular weight excluding hydrogens is 404 g/mol. The highest BCUT2D eigenvalue weighted by Gasteiger charge is 2.10. The van der Waals surface area contributed by atoms with Crippen LogP contribution in [0.2, 0.25) is 0 Å². The van der Waals surface area contributed by atoms with Crippen molar-refractivity contribution in [1.82, 2.24) is 0 Å². The summed E-state index contributed by atoms with van der Waals surface area (Å²) in [5.41, 5.74) is 2.35. The fourth-order valence-corrected chi connectivity index (χ4v) is 2.89. The largest absolute Gasteiger partial charge is 0.497 e. The van der Waals surface area contributed by atoms with Crippen molar-refractivity contribution < 1.29 is 19.0 Å². The highest BCUT2D eigenvalue weighted by molar-refractivity contribution is 6.09. The molecular formula is C26H24N2O4. The van der Waals surface area contributed by atoms with Crippen molar-refractivity contribution in [3.63, 3.8) is 0 Å². The maximum atomic E-state index is 12.5. The van der Waals surface area contributed by atoms with Gasteiger partial charge in [-0.2, -0.15) is 5.26 Å². The Labute approximate surface area is 187 Å². The molecule has 32 heavy (non-hydrogen) atoms. The first kappa shape index (κ1) is 22.4. The molecule has 0 unspecified atom stereocenters. The number of nitrogens with one attached hydrogen (secondary N) is 1. The topological polar surface area (TPSA) is 80.6 Å². The van der Waals surface area contributed by atoms with Crippen LogP contribution in [0.25, 0.3) is 6.08 Å². The molecule has 0 aromatic heterocycles.